The van der Waals surface area contributed by atoms with E-state index in [0.717, 1.165) is 24.1 Å². The predicted octanol–water partition coefficient (Wildman–Crippen LogP) is 4.04. The molecular formula is C23H29N3O4. The van der Waals surface area contributed by atoms with E-state index in [1.165, 1.54) is 0 Å². The summed E-state index contributed by atoms with van der Waals surface area (Å²) < 4.78 is 5.28. The van der Waals surface area contributed by atoms with Crippen LogP contribution in [-0.4, -0.2) is 28.9 Å². The average molecular weight is 412 g/mol. The van der Waals surface area contributed by atoms with E-state index in [2.05, 4.69) is 15.6 Å². The molecule has 1 aliphatic rings. The van der Waals surface area contributed by atoms with E-state index in [-0.39, 0.29) is 29.9 Å². The van der Waals surface area contributed by atoms with E-state index in [9.17, 15) is 14.4 Å². The summed E-state index contributed by atoms with van der Waals surface area (Å²) in [5.41, 5.74) is 3.58. The normalized spacial score (nSPS) is 14.3. The van der Waals surface area contributed by atoms with Crippen molar-refractivity contribution in [3.8, 4) is 0 Å². The summed E-state index contributed by atoms with van der Waals surface area (Å²) in [6.07, 6.45) is 1.68. The number of H-pyrrole nitrogens is 1. The van der Waals surface area contributed by atoms with Crippen LogP contribution in [0.2, 0.25) is 0 Å². The van der Waals surface area contributed by atoms with Crippen LogP contribution in [0.5, 0.6) is 0 Å². The fourth-order valence-electron chi connectivity index (χ4n) is 3.35. The molecule has 0 spiro atoms. The van der Waals surface area contributed by atoms with Crippen LogP contribution in [0.4, 0.5) is 5.69 Å². The largest absolute Gasteiger partial charge is 0.459 e. The molecule has 1 aromatic heterocycles. The summed E-state index contributed by atoms with van der Waals surface area (Å²) in [7, 11) is 0. The standard InChI is InChI=1S/C23H29N3O4/c1-12(2)30-23(29)19-13(3)20(24-15(19)5)22(28)25-14(4)16-8-10-18(11-9-16)26-21(27)17-6-7-17/h8-12,14,17,24H,6-7H2,1-5H3,(H,25,28)(H,26,27). The Labute approximate surface area is 176 Å². The van der Waals surface area contributed by atoms with Crippen LogP contribution in [0.25, 0.3) is 0 Å². The first-order chi connectivity index (χ1) is 14.2. The monoisotopic (exact) mass is 411 g/mol. The SMILES string of the molecule is Cc1[nH]c(C(=O)NC(C)c2ccc(NC(=O)C3CC3)cc2)c(C)c1C(=O)OC(C)C. The van der Waals surface area contributed by atoms with E-state index in [4.69, 9.17) is 4.74 Å². The molecule has 2 amide bonds. The Bertz CT molecular complexity index is 956. The molecule has 7 heteroatoms. The van der Waals surface area contributed by atoms with Gasteiger partial charge in [-0.15, -0.1) is 0 Å². The highest BCUT2D eigenvalue weighted by Crippen LogP contribution is 2.30. The first-order valence-corrected chi connectivity index (χ1v) is 10.3. The zero-order valence-electron chi connectivity index (χ0n) is 18.1. The molecule has 160 valence electrons. The number of hydrogen-bond donors (Lipinski definition) is 3. The van der Waals surface area contributed by atoms with Crippen LogP contribution < -0.4 is 10.6 Å². The molecule has 0 radical (unpaired) electrons. The zero-order valence-corrected chi connectivity index (χ0v) is 18.1. The van der Waals surface area contributed by atoms with Crippen LogP contribution in [0.1, 0.15) is 77.3 Å². The number of aromatic nitrogens is 1. The molecule has 1 saturated carbocycles. The van der Waals surface area contributed by atoms with Crippen molar-refractivity contribution < 1.29 is 19.1 Å². The van der Waals surface area contributed by atoms with Gasteiger partial charge < -0.3 is 20.4 Å². The maximum absolute atomic E-state index is 12.8. The molecule has 1 aliphatic carbocycles. The minimum absolute atomic E-state index is 0.0634. The number of benzene rings is 1. The van der Waals surface area contributed by atoms with Gasteiger partial charge in [0.2, 0.25) is 5.91 Å². The van der Waals surface area contributed by atoms with Crippen molar-refractivity contribution in [3.63, 3.8) is 0 Å². The van der Waals surface area contributed by atoms with E-state index in [1.54, 1.807) is 27.7 Å². The molecule has 1 aromatic carbocycles. The van der Waals surface area contributed by atoms with Gasteiger partial charge in [0.1, 0.15) is 5.69 Å². The van der Waals surface area contributed by atoms with Crippen molar-refractivity contribution in [2.45, 2.75) is 59.6 Å². The van der Waals surface area contributed by atoms with Gasteiger partial charge in [-0.1, -0.05) is 12.1 Å². The Balaban J connectivity index is 1.66. The fourth-order valence-corrected chi connectivity index (χ4v) is 3.35. The summed E-state index contributed by atoms with van der Waals surface area (Å²) in [4.78, 5) is 40.0. The molecule has 1 atom stereocenters. The lowest BCUT2D eigenvalue weighted by Crippen LogP contribution is -2.27. The summed E-state index contributed by atoms with van der Waals surface area (Å²) in [5, 5.41) is 5.85. The third kappa shape index (κ3) is 4.90. The van der Waals surface area contributed by atoms with E-state index >= 15 is 0 Å². The van der Waals surface area contributed by atoms with Gasteiger partial charge in [0.15, 0.2) is 0 Å². The molecule has 3 rings (SSSR count). The molecule has 1 heterocycles. The van der Waals surface area contributed by atoms with Crippen molar-refractivity contribution in [1.82, 2.24) is 10.3 Å². The highest BCUT2D eigenvalue weighted by Gasteiger charge is 2.29. The lowest BCUT2D eigenvalue weighted by molar-refractivity contribution is -0.117. The van der Waals surface area contributed by atoms with Crippen LogP contribution in [0, 0.1) is 19.8 Å². The number of carbonyl (C=O) groups excluding carboxylic acids is 3. The molecular weight excluding hydrogens is 382 g/mol. The van der Waals surface area contributed by atoms with E-state index in [0.29, 0.717) is 22.5 Å². The van der Waals surface area contributed by atoms with Gasteiger partial charge in [-0.05, 0) is 70.7 Å². The first-order valence-electron chi connectivity index (χ1n) is 10.3. The molecule has 0 bridgehead atoms. The lowest BCUT2D eigenvalue weighted by atomic mass is 10.1. The average Bonchev–Trinajstić information content (AvgIpc) is 3.47. The summed E-state index contributed by atoms with van der Waals surface area (Å²) >= 11 is 0. The van der Waals surface area contributed by atoms with Crippen molar-refractivity contribution >= 4 is 23.5 Å². The number of hydrogen-bond acceptors (Lipinski definition) is 4. The zero-order chi connectivity index (χ0) is 22.0. The number of amides is 2. The number of aryl methyl sites for hydroxylation is 1. The highest BCUT2D eigenvalue weighted by molar-refractivity contribution is 6.00. The topological polar surface area (TPSA) is 100 Å². The molecule has 7 nitrogen and oxygen atoms in total. The molecule has 30 heavy (non-hydrogen) atoms. The van der Waals surface area contributed by atoms with E-state index < -0.39 is 5.97 Å². The Hall–Kier alpha value is -3.09. The quantitative estimate of drug-likeness (QED) is 0.599. The van der Waals surface area contributed by atoms with Gasteiger partial charge in [-0.25, -0.2) is 4.79 Å². The van der Waals surface area contributed by atoms with Crippen molar-refractivity contribution in [2.24, 2.45) is 5.92 Å². The fraction of sp³-hybridized carbons (Fsp3) is 0.435. The molecule has 0 saturated heterocycles. The summed E-state index contributed by atoms with van der Waals surface area (Å²) in [5.74, 6) is -0.517. The van der Waals surface area contributed by atoms with Crippen molar-refractivity contribution in [3.05, 3.63) is 52.3 Å². The Morgan fingerprint density at radius 1 is 1.07 bits per heavy atom. The summed E-state index contributed by atoms with van der Waals surface area (Å²) in [6.45, 7) is 8.94. The van der Waals surface area contributed by atoms with Gasteiger partial charge in [0.05, 0.1) is 17.7 Å². The predicted molar refractivity (Wildman–Crippen MR) is 114 cm³/mol. The van der Waals surface area contributed by atoms with Gasteiger partial charge in [-0.2, -0.15) is 0 Å². The number of aromatic amines is 1. The maximum Gasteiger partial charge on any atom is 0.340 e. The minimum atomic E-state index is -0.438. The number of esters is 1. The number of ether oxygens (including phenoxy) is 1. The molecule has 1 fully saturated rings. The van der Waals surface area contributed by atoms with Gasteiger partial charge in [0, 0.05) is 17.3 Å². The second-order valence-electron chi connectivity index (χ2n) is 8.16. The number of rotatable bonds is 7. The van der Waals surface area contributed by atoms with Gasteiger partial charge in [0.25, 0.3) is 5.91 Å². The maximum atomic E-state index is 12.8. The first kappa shape index (κ1) is 21.6. The third-order valence-electron chi connectivity index (χ3n) is 5.19. The van der Waals surface area contributed by atoms with Crippen LogP contribution >= 0.6 is 0 Å². The van der Waals surface area contributed by atoms with Crippen LogP contribution in [-0.2, 0) is 9.53 Å². The number of anilines is 1. The number of nitrogens with one attached hydrogen (secondary N) is 3. The molecule has 3 N–H and O–H groups in total. The smallest absolute Gasteiger partial charge is 0.340 e. The number of carbonyl (C=O) groups is 3. The Kier molecular flexibility index (Phi) is 6.29. The molecule has 1 unspecified atom stereocenters. The summed E-state index contributed by atoms with van der Waals surface area (Å²) in [6, 6.07) is 7.18. The Morgan fingerprint density at radius 2 is 1.70 bits per heavy atom. The Morgan fingerprint density at radius 3 is 2.27 bits per heavy atom. The van der Waals surface area contributed by atoms with Gasteiger partial charge in [-0.3, -0.25) is 9.59 Å². The highest BCUT2D eigenvalue weighted by atomic mass is 16.5. The van der Waals surface area contributed by atoms with Crippen molar-refractivity contribution in [1.29, 1.82) is 0 Å². The lowest BCUT2D eigenvalue weighted by Gasteiger charge is -2.15. The second kappa shape index (κ2) is 8.73. The van der Waals surface area contributed by atoms with E-state index in [1.807, 2.05) is 31.2 Å². The third-order valence-corrected chi connectivity index (χ3v) is 5.19. The van der Waals surface area contributed by atoms with Crippen LogP contribution in [0.3, 0.4) is 0 Å². The molecule has 0 aliphatic heterocycles. The van der Waals surface area contributed by atoms with Crippen LogP contribution in [0.15, 0.2) is 24.3 Å². The van der Waals surface area contributed by atoms with Crippen molar-refractivity contribution in [2.75, 3.05) is 5.32 Å². The van der Waals surface area contributed by atoms with Gasteiger partial charge >= 0.3 is 5.97 Å². The second-order valence-corrected chi connectivity index (χ2v) is 8.16. The molecule has 2 aromatic rings. The minimum Gasteiger partial charge on any atom is -0.459 e.